The van der Waals surface area contributed by atoms with Gasteiger partial charge in [0.05, 0.1) is 0 Å². The summed E-state index contributed by atoms with van der Waals surface area (Å²) in [5.41, 5.74) is 2.11. The molecule has 1 amide bonds. The monoisotopic (exact) mass is 341 g/mol. The van der Waals surface area contributed by atoms with Crippen LogP contribution in [-0.2, 0) is 4.79 Å². The highest BCUT2D eigenvalue weighted by atomic mass is 35.5. The minimum absolute atomic E-state index is 0.125. The van der Waals surface area contributed by atoms with E-state index >= 15 is 0 Å². The molecular weight excluding hydrogens is 330 g/mol. The maximum Gasteiger partial charge on any atom is 0.328 e. The van der Waals surface area contributed by atoms with Gasteiger partial charge in [0.25, 0.3) is 5.91 Å². The Morgan fingerprint density at radius 3 is 2.62 bits per heavy atom. The van der Waals surface area contributed by atoms with Gasteiger partial charge in [-0.2, -0.15) is 0 Å². The fraction of sp³-hybridized carbons (Fsp3) is 0. The second-order valence-corrected chi connectivity index (χ2v) is 5.29. The Labute approximate surface area is 142 Å². The van der Waals surface area contributed by atoms with Gasteiger partial charge in [0.15, 0.2) is 10.8 Å². The van der Waals surface area contributed by atoms with Crippen LogP contribution >= 0.6 is 11.6 Å². The summed E-state index contributed by atoms with van der Waals surface area (Å²) in [4.78, 5) is 27.1. The van der Waals surface area contributed by atoms with Gasteiger partial charge in [-0.15, -0.1) is 0 Å². The first-order chi connectivity index (χ1) is 11.5. The van der Waals surface area contributed by atoms with Crippen LogP contribution in [0.3, 0.4) is 0 Å². The molecule has 3 aromatic rings. The number of fused-ring (bicyclic) bond motifs is 1. The molecule has 0 aliphatic carbocycles. The van der Waals surface area contributed by atoms with E-state index in [4.69, 9.17) is 16.7 Å². The number of carboxylic acid groups (broad SMARTS) is 1. The maximum absolute atomic E-state index is 12.5. The number of carboxylic acids is 1. The highest BCUT2D eigenvalue weighted by Crippen LogP contribution is 2.19. The van der Waals surface area contributed by atoms with Gasteiger partial charge >= 0.3 is 5.97 Å². The van der Waals surface area contributed by atoms with Crippen molar-refractivity contribution < 1.29 is 14.7 Å². The molecule has 0 bridgehead atoms. The van der Waals surface area contributed by atoms with Crippen LogP contribution in [0.1, 0.15) is 16.1 Å². The predicted molar refractivity (Wildman–Crippen MR) is 91.3 cm³/mol. The molecule has 1 aromatic carbocycles. The number of carbonyl (C=O) groups is 2. The lowest BCUT2D eigenvalue weighted by Gasteiger charge is -2.06. The molecule has 0 fully saturated rings. The first-order valence-electron chi connectivity index (χ1n) is 6.99. The number of amides is 1. The largest absolute Gasteiger partial charge is 0.478 e. The molecular formula is C17H12ClN3O3. The van der Waals surface area contributed by atoms with Gasteiger partial charge in [-0.1, -0.05) is 29.8 Å². The van der Waals surface area contributed by atoms with Crippen molar-refractivity contribution in [3.63, 3.8) is 0 Å². The molecule has 2 heterocycles. The van der Waals surface area contributed by atoms with E-state index in [2.05, 4.69) is 10.3 Å². The highest BCUT2D eigenvalue weighted by Gasteiger charge is 2.17. The summed E-state index contributed by atoms with van der Waals surface area (Å²) in [6.45, 7) is 0. The van der Waals surface area contributed by atoms with E-state index in [-0.39, 0.29) is 16.8 Å². The van der Waals surface area contributed by atoms with E-state index in [0.29, 0.717) is 16.9 Å². The molecule has 120 valence electrons. The van der Waals surface area contributed by atoms with Crippen LogP contribution in [0.4, 0.5) is 5.69 Å². The second-order valence-electron chi connectivity index (χ2n) is 4.93. The second kappa shape index (κ2) is 6.55. The molecule has 2 aromatic heterocycles. The summed E-state index contributed by atoms with van der Waals surface area (Å²) in [6, 6.07) is 12.1. The lowest BCUT2D eigenvalue weighted by Crippen LogP contribution is -2.14. The summed E-state index contributed by atoms with van der Waals surface area (Å²) >= 11 is 6.07. The zero-order chi connectivity index (χ0) is 17.1. The lowest BCUT2D eigenvalue weighted by atomic mass is 10.2. The quantitative estimate of drug-likeness (QED) is 0.713. The molecule has 3 rings (SSSR count). The average molecular weight is 342 g/mol. The van der Waals surface area contributed by atoms with E-state index in [0.717, 1.165) is 6.08 Å². The Morgan fingerprint density at radius 1 is 1.17 bits per heavy atom. The van der Waals surface area contributed by atoms with Crippen molar-refractivity contribution in [2.45, 2.75) is 0 Å². The molecule has 0 saturated heterocycles. The van der Waals surface area contributed by atoms with Gasteiger partial charge in [-0.05, 0) is 35.9 Å². The Kier molecular flexibility index (Phi) is 4.31. The number of imidazole rings is 1. The van der Waals surface area contributed by atoms with Crippen LogP contribution < -0.4 is 5.32 Å². The normalized spacial score (nSPS) is 11.0. The standard InChI is InChI=1S/C17H12ClN3O3/c18-16-15(21-10-2-1-3-13(21)20-16)17(24)19-12-7-4-11(5-8-12)6-9-14(22)23/h1-10H,(H,19,24)(H,22,23). The number of nitrogens with one attached hydrogen (secondary N) is 1. The van der Waals surface area contributed by atoms with Crippen molar-refractivity contribution in [1.29, 1.82) is 0 Å². The number of hydrogen-bond donors (Lipinski definition) is 2. The molecule has 0 aliphatic rings. The molecule has 7 heteroatoms. The van der Waals surface area contributed by atoms with Gasteiger partial charge < -0.3 is 10.4 Å². The van der Waals surface area contributed by atoms with E-state index < -0.39 is 5.97 Å². The van der Waals surface area contributed by atoms with Gasteiger partial charge in [-0.25, -0.2) is 9.78 Å². The number of aromatic nitrogens is 2. The number of rotatable bonds is 4. The van der Waals surface area contributed by atoms with E-state index in [9.17, 15) is 9.59 Å². The number of anilines is 1. The van der Waals surface area contributed by atoms with Crippen LogP contribution in [0.2, 0.25) is 5.15 Å². The number of pyridine rings is 1. The fourth-order valence-electron chi connectivity index (χ4n) is 2.21. The van der Waals surface area contributed by atoms with Crippen LogP contribution in [-0.4, -0.2) is 26.4 Å². The summed E-state index contributed by atoms with van der Waals surface area (Å²) in [7, 11) is 0. The van der Waals surface area contributed by atoms with Crippen LogP contribution in [0.25, 0.3) is 11.7 Å². The number of hydrogen-bond acceptors (Lipinski definition) is 3. The summed E-state index contributed by atoms with van der Waals surface area (Å²) in [5, 5.41) is 11.5. The lowest BCUT2D eigenvalue weighted by molar-refractivity contribution is -0.131. The molecule has 0 saturated carbocycles. The van der Waals surface area contributed by atoms with E-state index in [1.165, 1.54) is 6.08 Å². The van der Waals surface area contributed by atoms with Crippen molar-refractivity contribution in [2.24, 2.45) is 0 Å². The van der Waals surface area contributed by atoms with Crippen LogP contribution in [0.15, 0.2) is 54.7 Å². The van der Waals surface area contributed by atoms with Gasteiger partial charge in [0.2, 0.25) is 0 Å². The van der Waals surface area contributed by atoms with Crippen molar-refractivity contribution in [1.82, 2.24) is 9.38 Å². The van der Waals surface area contributed by atoms with Crippen LogP contribution in [0, 0.1) is 0 Å². The number of carbonyl (C=O) groups excluding carboxylic acids is 1. The van der Waals surface area contributed by atoms with Crippen molar-refractivity contribution in [2.75, 3.05) is 5.32 Å². The highest BCUT2D eigenvalue weighted by molar-refractivity contribution is 6.33. The summed E-state index contributed by atoms with van der Waals surface area (Å²) in [5.74, 6) is -1.40. The fourth-order valence-corrected chi connectivity index (χ4v) is 2.47. The topological polar surface area (TPSA) is 83.7 Å². The summed E-state index contributed by atoms with van der Waals surface area (Å²) < 4.78 is 1.61. The van der Waals surface area contributed by atoms with Crippen LogP contribution in [0.5, 0.6) is 0 Å². The molecule has 0 aliphatic heterocycles. The minimum atomic E-state index is -1.02. The van der Waals surface area contributed by atoms with Crippen molar-refractivity contribution in [3.05, 3.63) is 71.1 Å². The number of aliphatic carboxylic acids is 1. The molecule has 0 unspecified atom stereocenters. The molecule has 0 atom stereocenters. The van der Waals surface area contributed by atoms with E-state index in [1.807, 2.05) is 6.07 Å². The zero-order valence-electron chi connectivity index (χ0n) is 12.3. The minimum Gasteiger partial charge on any atom is -0.478 e. The number of halogens is 1. The molecule has 6 nitrogen and oxygen atoms in total. The molecule has 2 N–H and O–H groups in total. The average Bonchev–Trinajstić information content (AvgIpc) is 2.90. The summed E-state index contributed by atoms with van der Waals surface area (Å²) in [6.07, 6.45) is 4.23. The Bertz CT molecular complexity index is 945. The smallest absolute Gasteiger partial charge is 0.328 e. The zero-order valence-corrected chi connectivity index (χ0v) is 13.1. The van der Waals surface area contributed by atoms with Crippen molar-refractivity contribution in [3.8, 4) is 0 Å². The SMILES string of the molecule is O=C(O)C=Cc1ccc(NC(=O)c2c(Cl)nc3ccccn23)cc1. The Balaban J connectivity index is 1.81. The van der Waals surface area contributed by atoms with Gasteiger partial charge in [0, 0.05) is 18.0 Å². The Hall–Kier alpha value is -3.12. The number of nitrogens with zero attached hydrogens (tertiary/aromatic N) is 2. The number of benzene rings is 1. The molecule has 0 spiro atoms. The molecule has 24 heavy (non-hydrogen) atoms. The van der Waals surface area contributed by atoms with Gasteiger partial charge in [0.1, 0.15) is 5.65 Å². The Morgan fingerprint density at radius 2 is 1.92 bits per heavy atom. The van der Waals surface area contributed by atoms with E-state index in [1.54, 1.807) is 47.0 Å². The molecule has 0 radical (unpaired) electrons. The first kappa shape index (κ1) is 15.8. The van der Waals surface area contributed by atoms with Gasteiger partial charge in [-0.3, -0.25) is 9.20 Å². The van der Waals surface area contributed by atoms with Crippen molar-refractivity contribution >= 4 is 40.9 Å². The third-order valence-corrected chi connectivity index (χ3v) is 3.55. The third kappa shape index (κ3) is 3.28. The maximum atomic E-state index is 12.5. The third-order valence-electron chi connectivity index (χ3n) is 3.29. The predicted octanol–water partition coefficient (Wildman–Crippen LogP) is 3.34. The first-order valence-corrected chi connectivity index (χ1v) is 7.37.